The van der Waals surface area contributed by atoms with E-state index in [1.807, 2.05) is 44.2 Å². The van der Waals surface area contributed by atoms with E-state index < -0.39 is 5.92 Å². The van der Waals surface area contributed by atoms with Crippen LogP contribution in [0.25, 0.3) is 0 Å². The number of nitrogens with zero attached hydrogens (tertiary/aromatic N) is 2. The molecule has 0 saturated carbocycles. The van der Waals surface area contributed by atoms with E-state index in [0.29, 0.717) is 12.3 Å². The maximum atomic E-state index is 12.2. The van der Waals surface area contributed by atoms with Gasteiger partial charge in [-0.2, -0.15) is 5.10 Å². The SMILES string of the molecule is Cc1ccc(N2CC(C(=O)N/N=C/c3ccc(C)o3)CC2=O)cc1. The summed E-state index contributed by atoms with van der Waals surface area (Å²) in [7, 11) is 0. The highest BCUT2D eigenvalue weighted by Crippen LogP contribution is 2.25. The molecule has 1 N–H and O–H groups in total. The van der Waals surface area contributed by atoms with E-state index in [1.54, 1.807) is 11.0 Å². The first-order valence-corrected chi connectivity index (χ1v) is 7.79. The lowest BCUT2D eigenvalue weighted by atomic mass is 10.1. The lowest BCUT2D eigenvalue weighted by Crippen LogP contribution is -2.30. The fraction of sp³-hybridized carbons (Fsp3) is 0.278. The zero-order chi connectivity index (χ0) is 17.1. The second-order valence-electron chi connectivity index (χ2n) is 5.92. The molecular formula is C18H19N3O3. The number of rotatable bonds is 4. The van der Waals surface area contributed by atoms with Crippen molar-refractivity contribution in [1.29, 1.82) is 0 Å². The maximum Gasteiger partial charge on any atom is 0.245 e. The van der Waals surface area contributed by atoms with Gasteiger partial charge in [0.15, 0.2) is 0 Å². The molecule has 3 rings (SSSR count). The van der Waals surface area contributed by atoms with Crippen LogP contribution in [0.3, 0.4) is 0 Å². The molecule has 1 atom stereocenters. The summed E-state index contributed by atoms with van der Waals surface area (Å²) in [5.41, 5.74) is 4.42. The van der Waals surface area contributed by atoms with Crippen LogP contribution in [0.1, 0.15) is 23.5 Å². The molecule has 1 unspecified atom stereocenters. The van der Waals surface area contributed by atoms with E-state index >= 15 is 0 Å². The number of nitrogens with one attached hydrogen (secondary N) is 1. The molecule has 0 spiro atoms. The Morgan fingerprint density at radius 2 is 2.00 bits per heavy atom. The number of benzene rings is 1. The van der Waals surface area contributed by atoms with Gasteiger partial charge in [0.2, 0.25) is 11.8 Å². The van der Waals surface area contributed by atoms with Gasteiger partial charge in [-0.15, -0.1) is 0 Å². The van der Waals surface area contributed by atoms with E-state index in [4.69, 9.17) is 4.42 Å². The van der Waals surface area contributed by atoms with Crippen LogP contribution in [0.4, 0.5) is 5.69 Å². The number of carbonyl (C=O) groups is 2. The second-order valence-corrected chi connectivity index (χ2v) is 5.92. The number of aryl methyl sites for hydroxylation is 2. The Morgan fingerprint density at radius 3 is 2.67 bits per heavy atom. The van der Waals surface area contributed by atoms with Crippen LogP contribution in [0.5, 0.6) is 0 Å². The second kappa shape index (κ2) is 6.70. The molecule has 24 heavy (non-hydrogen) atoms. The molecule has 1 aliphatic rings. The summed E-state index contributed by atoms with van der Waals surface area (Å²) in [6, 6.07) is 11.3. The molecule has 0 aliphatic carbocycles. The highest BCUT2D eigenvalue weighted by molar-refractivity contribution is 6.00. The van der Waals surface area contributed by atoms with Crippen molar-refractivity contribution >= 4 is 23.7 Å². The quantitative estimate of drug-likeness (QED) is 0.693. The largest absolute Gasteiger partial charge is 0.460 e. The van der Waals surface area contributed by atoms with Crippen LogP contribution >= 0.6 is 0 Å². The minimum absolute atomic E-state index is 0.0513. The van der Waals surface area contributed by atoms with E-state index in [2.05, 4.69) is 10.5 Å². The van der Waals surface area contributed by atoms with Crippen molar-refractivity contribution in [2.24, 2.45) is 11.0 Å². The maximum absolute atomic E-state index is 12.2. The molecule has 1 aliphatic heterocycles. The van der Waals surface area contributed by atoms with Crippen molar-refractivity contribution in [3.63, 3.8) is 0 Å². The number of anilines is 1. The summed E-state index contributed by atoms with van der Waals surface area (Å²) >= 11 is 0. The number of hydrogen-bond donors (Lipinski definition) is 1. The normalized spacial score (nSPS) is 17.7. The van der Waals surface area contributed by atoms with E-state index in [-0.39, 0.29) is 18.2 Å². The molecule has 0 bridgehead atoms. The van der Waals surface area contributed by atoms with E-state index in [9.17, 15) is 9.59 Å². The summed E-state index contributed by atoms with van der Waals surface area (Å²) < 4.78 is 5.33. The molecule has 2 amide bonds. The summed E-state index contributed by atoms with van der Waals surface area (Å²) in [5.74, 6) is 0.617. The van der Waals surface area contributed by atoms with Gasteiger partial charge < -0.3 is 9.32 Å². The Labute approximate surface area is 140 Å². The van der Waals surface area contributed by atoms with Gasteiger partial charge in [-0.1, -0.05) is 17.7 Å². The smallest absolute Gasteiger partial charge is 0.245 e. The Kier molecular flexibility index (Phi) is 4.46. The fourth-order valence-corrected chi connectivity index (χ4v) is 2.63. The third-order valence-electron chi connectivity index (χ3n) is 3.97. The summed E-state index contributed by atoms with van der Waals surface area (Å²) in [6.07, 6.45) is 1.63. The van der Waals surface area contributed by atoms with Crippen molar-refractivity contribution in [1.82, 2.24) is 5.43 Å². The third kappa shape index (κ3) is 3.53. The van der Waals surface area contributed by atoms with Crippen LogP contribution in [-0.2, 0) is 9.59 Å². The number of carbonyl (C=O) groups excluding carboxylic acids is 2. The van der Waals surface area contributed by atoms with Crippen LogP contribution in [0, 0.1) is 19.8 Å². The lowest BCUT2D eigenvalue weighted by Gasteiger charge is -2.16. The summed E-state index contributed by atoms with van der Waals surface area (Å²) in [4.78, 5) is 26.0. The van der Waals surface area contributed by atoms with Gasteiger partial charge in [-0.05, 0) is 38.1 Å². The first-order chi connectivity index (χ1) is 11.5. The molecule has 6 nitrogen and oxygen atoms in total. The van der Waals surface area contributed by atoms with Gasteiger partial charge >= 0.3 is 0 Å². The van der Waals surface area contributed by atoms with Gasteiger partial charge in [0.1, 0.15) is 11.5 Å². The van der Waals surface area contributed by atoms with Gasteiger partial charge in [0.25, 0.3) is 0 Å². The van der Waals surface area contributed by atoms with E-state index in [0.717, 1.165) is 17.0 Å². The van der Waals surface area contributed by atoms with Crippen LogP contribution in [0.15, 0.2) is 45.9 Å². The summed E-state index contributed by atoms with van der Waals surface area (Å²) in [6.45, 7) is 4.19. The first-order valence-electron chi connectivity index (χ1n) is 7.79. The zero-order valence-electron chi connectivity index (χ0n) is 13.7. The minimum atomic E-state index is -0.408. The molecule has 6 heteroatoms. The van der Waals surface area contributed by atoms with Crippen molar-refractivity contribution < 1.29 is 14.0 Å². The van der Waals surface area contributed by atoms with Crippen LogP contribution < -0.4 is 10.3 Å². The highest BCUT2D eigenvalue weighted by Gasteiger charge is 2.35. The Balaban J connectivity index is 1.59. The van der Waals surface area contributed by atoms with Gasteiger partial charge in [0.05, 0.1) is 12.1 Å². The molecule has 1 aromatic carbocycles. The molecule has 0 radical (unpaired) electrons. The lowest BCUT2D eigenvalue weighted by molar-refractivity contribution is -0.126. The average Bonchev–Trinajstić information content (AvgIpc) is 3.14. The fourth-order valence-electron chi connectivity index (χ4n) is 2.63. The summed E-state index contributed by atoms with van der Waals surface area (Å²) in [5, 5.41) is 3.89. The number of hydrogen-bond acceptors (Lipinski definition) is 4. The predicted molar refractivity (Wildman–Crippen MR) is 90.8 cm³/mol. The Bertz CT molecular complexity index is 777. The average molecular weight is 325 g/mol. The standard InChI is InChI=1S/C18H19N3O3/c1-12-3-6-15(7-4-12)21-11-14(9-17(21)22)18(23)20-19-10-16-8-5-13(2)24-16/h3-8,10,14H,9,11H2,1-2H3,(H,20,23)/b19-10+. The molecule has 2 aromatic rings. The van der Waals surface area contributed by atoms with E-state index in [1.165, 1.54) is 6.21 Å². The Hall–Kier alpha value is -2.89. The highest BCUT2D eigenvalue weighted by atomic mass is 16.3. The topological polar surface area (TPSA) is 74.9 Å². The minimum Gasteiger partial charge on any atom is -0.460 e. The number of furan rings is 1. The first kappa shape index (κ1) is 16.0. The number of amides is 2. The van der Waals surface area contributed by atoms with Crippen molar-refractivity contribution in [2.75, 3.05) is 11.4 Å². The van der Waals surface area contributed by atoms with Crippen molar-refractivity contribution in [2.45, 2.75) is 20.3 Å². The molecule has 124 valence electrons. The van der Waals surface area contributed by atoms with Crippen LogP contribution in [0.2, 0.25) is 0 Å². The molecule has 1 aromatic heterocycles. The molecule has 1 saturated heterocycles. The van der Waals surface area contributed by atoms with Crippen molar-refractivity contribution in [3.8, 4) is 0 Å². The molecular weight excluding hydrogens is 306 g/mol. The van der Waals surface area contributed by atoms with Gasteiger partial charge in [0, 0.05) is 18.7 Å². The number of hydrazone groups is 1. The predicted octanol–water partition coefficient (Wildman–Crippen LogP) is 2.40. The molecule has 1 fully saturated rings. The van der Waals surface area contributed by atoms with Gasteiger partial charge in [-0.25, -0.2) is 5.43 Å². The third-order valence-corrected chi connectivity index (χ3v) is 3.97. The Morgan fingerprint density at radius 1 is 1.25 bits per heavy atom. The monoisotopic (exact) mass is 325 g/mol. The van der Waals surface area contributed by atoms with Crippen molar-refractivity contribution in [3.05, 3.63) is 53.5 Å². The zero-order valence-corrected chi connectivity index (χ0v) is 13.7. The van der Waals surface area contributed by atoms with Gasteiger partial charge in [-0.3, -0.25) is 9.59 Å². The van der Waals surface area contributed by atoms with Crippen LogP contribution in [-0.4, -0.2) is 24.6 Å². The molecule has 2 heterocycles.